The van der Waals surface area contributed by atoms with E-state index in [0.717, 1.165) is 26.2 Å². The fourth-order valence-corrected chi connectivity index (χ4v) is 2.42. The molecule has 0 radical (unpaired) electrons. The lowest BCUT2D eigenvalue weighted by Gasteiger charge is -2.26. The van der Waals surface area contributed by atoms with Crippen molar-refractivity contribution in [2.75, 3.05) is 37.2 Å². The molecular weight excluding hydrogens is 242 g/mol. The van der Waals surface area contributed by atoms with E-state index in [-0.39, 0.29) is 5.56 Å². The van der Waals surface area contributed by atoms with Crippen molar-refractivity contribution in [3.05, 3.63) is 23.8 Å². The van der Waals surface area contributed by atoms with Crippen molar-refractivity contribution >= 4 is 17.3 Å². The first-order valence-electron chi connectivity index (χ1n) is 6.76. The smallest absolute Gasteiger partial charge is 0.337 e. The third kappa shape index (κ3) is 3.86. The molecule has 2 rings (SSSR count). The molecule has 1 heterocycles. The molecule has 5 heteroatoms. The Labute approximate surface area is 113 Å². The quantitative estimate of drug-likeness (QED) is 0.707. The highest BCUT2D eigenvalue weighted by Crippen LogP contribution is 2.19. The molecule has 1 aromatic rings. The topological polar surface area (TPSA) is 78.6 Å². The number of carboxylic acids is 1. The lowest BCUT2D eigenvalue weighted by Crippen LogP contribution is -2.33. The van der Waals surface area contributed by atoms with Crippen molar-refractivity contribution in [1.82, 2.24) is 4.90 Å². The van der Waals surface area contributed by atoms with E-state index in [1.165, 1.54) is 25.3 Å². The maximum atomic E-state index is 11.1. The summed E-state index contributed by atoms with van der Waals surface area (Å²) < 4.78 is 0. The standard InChI is InChI=1S/C14H21N3O2/c15-11-4-5-13(12(10-11)14(18)19)16-6-9-17-7-2-1-3-8-17/h4-5,10,16H,1-3,6-9,15H2,(H,18,19). The van der Waals surface area contributed by atoms with Crippen LogP contribution in [0.4, 0.5) is 11.4 Å². The van der Waals surface area contributed by atoms with Crippen LogP contribution in [0.25, 0.3) is 0 Å². The maximum absolute atomic E-state index is 11.1. The molecule has 4 N–H and O–H groups in total. The van der Waals surface area contributed by atoms with Gasteiger partial charge >= 0.3 is 5.97 Å². The van der Waals surface area contributed by atoms with Crippen LogP contribution in [-0.2, 0) is 0 Å². The highest BCUT2D eigenvalue weighted by atomic mass is 16.4. The number of carbonyl (C=O) groups is 1. The zero-order valence-electron chi connectivity index (χ0n) is 11.1. The van der Waals surface area contributed by atoms with E-state index in [1.807, 2.05) is 0 Å². The fourth-order valence-electron chi connectivity index (χ4n) is 2.42. The zero-order valence-corrected chi connectivity index (χ0v) is 11.1. The molecule has 0 amide bonds. The third-order valence-electron chi connectivity index (χ3n) is 3.47. The summed E-state index contributed by atoms with van der Waals surface area (Å²) in [6.07, 6.45) is 3.86. The molecule has 1 aliphatic heterocycles. The van der Waals surface area contributed by atoms with Crippen LogP contribution in [-0.4, -0.2) is 42.2 Å². The largest absolute Gasteiger partial charge is 0.478 e. The van der Waals surface area contributed by atoms with Crippen molar-refractivity contribution < 1.29 is 9.90 Å². The number of nitrogens with two attached hydrogens (primary N) is 1. The number of rotatable bonds is 5. The average molecular weight is 263 g/mol. The van der Waals surface area contributed by atoms with Crippen LogP contribution in [0, 0.1) is 0 Å². The van der Waals surface area contributed by atoms with Gasteiger partial charge in [-0.2, -0.15) is 0 Å². The van der Waals surface area contributed by atoms with E-state index in [2.05, 4.69) is 10.2 Å². The number of hydrogen-bond donors (Lipinski definition) is 3. The summed E-state index contributed by atoms with van der Waals surface area (Å²) in [6.45, 7) is 4.00. The Bertz CT molecular complexity index is 442. The Balaban J connectivity index is 1.89. The van der Waals surface area contributed by atoms with E-state index < -0.39 is 5.97 Å². The number of benzene rings is 1. The first-order chi connectivity index (χ1) is 9.16. The summed E-state index contributed by atoms with van der Waals surface area (Å²) in [4.78, 5) is 13.5. The second-order valence-corrected chi connectivity index (χ2v) is 4.94. The van der Waals surface area contributed by atoms with Crippen molar-refractivity contribution in [3.63, 3.8) is 0 Å². The van der Waals surface area contributed by atoms with E-state index in [4.69, 9.17) is 10.8 Å². The minimum absolute atomic E-state index is 0.235. The summed E-state index contributed by atoms with van der Waals surface area (Å²) in [5.74, 6) is -0.951. The average Bonchev–Trinajstić information content (AvgIpc) is 2.41. The van der Waals surface area contributed by atoms with Crippen LogP contribution in [0.1, 0.15) is 29.6 Å². The molecule has 0 atom stereocenters. The first-order valence-corrected chi connectivity index (χ1v) is 6.76. The second kappa shape index (κ2) is 6.43. The van der Waals surface area contributed by atoms with Crippen LogP contribution >= 0.6 is 0 Å². The Morgan fingerprint density at radius 2 is 2.05 bits per heavy atom. The molecule has 1 aliphatic rings. The minimum atomic E-state index is -0.951. The minimum Gasteiger partial charge on any atom is -0.478 e. The highest BCUT2D eigenvalue weighted by Gasteiger charge is 2.12. The molecular formula is C14H21N3O2. The Morgan fingerprint density at radius 3 is 2.74 bits per heavy atom. The molecule has 5 nitrogen and oxygen atoms in total. The molecule has 0 aliphatic carbocycles. The van der Waals surface area contributed by atoms with Gasteiger partial charge < -0.3 is 21.1 Å². The molecule has 1 aromatic carbocycles. The third-order valence-corrected chi connectivity index (χ3v) is 3.47. The van der Waals surface area contributed by atoms with Crippen LogP contribution < -0.4 is 11.1 Å². The van der Waals surface area contributed by atoms with Gasteiger partial charge in [0.15, 0.2) is 0 Å². The van der Waals surface area contributed by atoms with Crippen LogP contribution in [0.5, 0.6) is 0 Å². The van der Waals surface area contributed by atoms with Gasteiger partial charge in [0.25, 0.3) is 0 Å². The van der Waals surface area contributed by atoms with Gasteiger partial charge in [-0.1, -0.05) is 6.42 Å². The first kappa shape index (κ1) is 13.7. The Morgan fingerprint density at radius 1 is 1.32 bits per heavy atom. The van der Waals surface area contributed by atoms with Gasteiger partial charge in [0, 0.05) is 24.5 Å². The van der Waals surface area contributed by atoms with Crippen molar-refractivity contribution in [3.8, 4) is 0 Å². The summed E-state index contributed by atoms with van der Waals surface area (Å²) in [5.41, 5.74) is 6.96. The zero-order chi connectivity index (χ0) is 13.7. The van der Waals surface area contributed by atoms with Gasteiger partial charge in [-0.15, -0.1) is 0 Å². The number of hydrogen-bond acceptors (Lipinski definition) is 4. The molecule has 0 spiro atoms. The predicted molar refractivity (Wildman–Crippen MR) is 76.6 cm³/mol. The lowest BCUT2D eigenvalue weighted by molar-refractivity contribution is 0.0698. The fraction of sp³-hybridized carbons (Fsp3) is 0.500. The number of nitrogens with zero attached hydrogens (tertiary/aromatic N) is 1. The monoisotopic (exact) mass is 263 g/mol. The molecule has 0 aromatic heterocycles. The lowest BCUT2D eigenvalue weighted by atomic mass is 10.1. The van der Waals surface area contributed by atoms with Gasteiger partial charge in [-0.25, -0.2) is 4.79 Å². The van der Waals surface area contributed by atoms with Gasteiger partial charge in [0.2, 0.25) is 0 Å². The number of nitrogen functional groups attached to an aromatic ring is 1. The normalized spacial score (nSPS) is 16.2. The molecule has 0 bridgehead atoms. The van der Waals surface area contributed by atoms with E-state index in [0.29, 0.717) is 11.4 Å². The molecule has 1 fully saturated rings. The number of likely N-dealkylation sites (tertiary alicyclic amines) is 1. The van der Waals surface area contributed by atoms with Crippen LogP contribution in [0.3, 0.4) is 0 Å². The Hall–Kier alpha value is -1.75. The van der Waals surface area contributed by atoms with Crippen LogP contribution in [0.15, 0.2) is 18.2 Å². The number of anilines is 2. The van der Waals surface area contributed by atoms with E-state index in [9.17, 15) is 4.79 Å². The van der Waals surface area contributed by atoms with Crippen molar-refractivity contribution in [2.45, 2.75) is 19.3 Å². The number of nitrogens with one attached hydrogen (secondary N) is 1. The number of carboxylic acid groups (broad SMARTS) is 1. The highest BCUT2D eigenvalue weighted by molar-refractivity contribution is 5.95. The Kier molecular flexibility index (Phi) is 4.63. The maximum Gasteiger partial charge on any atom is 0.337 e. The van der Waals surface area contributed by atoms with Gasteiger partial charge in [0.05, 0.1) is 5.56 Å². The van der Waals surface area contributed by atoms with Crippen molar-refractivity contribution in [2.24, 2.45) is 0 Å². The molecule has 104 valence electrons. The second-order valence-electron chi connectivity index (χ2n) is 4.94. The summed E-state index contributed by atoms with van der Waals surface area (Å²) in [6, 6.07) is 4.94. The van der Waals surface area contributed by atoms with Crippen LogP contribution in [0.2, 0.25) is 0 Å². The SMILES string of the molecule is Nc1ccc(NCCN2CCCCC2)c(C(=O)O)c1. The van der Waals surface area contributed by atoms with Crippen molar-refractivity contribution in [1.29, 1.82) is 0 Å². The summed E-state index contributed by atoms with van der Waals surface area (Å²) in [7, 11) is 0. The molecule has 0 unspecified atom stereocenters. The number of piperidine rings is 1. The van der Waals surface area contributed by atoms with E-state index >= 15 is 0 Å². The molecule has 19 heavy (non-hydrogen) atoms. The van der Waals surface area contributed by atoms with Gasteiger partial charge in [-0.3, -0.25) is 0 Å². The molecule has 0 saturated carbocycles. The number of aromatic carboxylic acids is 1. The van der Waals surface area contributed by atoms with Gasteiger partial charge in [0.1, 0.15) is 0 Å². The molecule has 1 saturated heterocycles. The van der Waals surface area contributed by atoms with E-state index in [1.54, 1.807) is 12.1 Å². The summed E-state index contributed by atoms with van der Waals surface area (Å²) >= 11 is 0. The summed E-state index contributed by atoms with van der Waals surface area (Å²) in [5, 5.41) is 12.3. The van der Waals surface area contributed by atoms with Gasteiger partial charge in [-0.05, 0) is 44.1 Å². The predicted octanol–water partition coefficient (Wildman–Crippen LogP) is 1.86.